The monoisotopic (exact) mass is 324 g/mol. The van der Waals surface area contributed by atoms with Crippen LogP contribution in [0.1, 0.15) is 13.8 Å². The van der Waals surface area contributed by atoms with Gasteiger partial charge < -0.3 is 0 Å². The zero-order valence-electron chi connectivity index (χ0n) is 9.74. The topological polar surface area (TPSA) is 49.4 Å². The SMILES string of the molecule is CC(C)N(C)S(=O)(=O)Nc1ccc(F)cc1Br. The summed E-state index contributed by atoms with van der Waals surface area (Å²) >= 11 is 3.10. The molecule has 0 saturated carbocycles. The number of nitrogens with zero attached hydrogens (tertiary/aromatic N) is 1. The largest absolute Gasteiger partial charge is 0.301 e. The van der Waals surface area contributed by atoms with Crippen molar-refractivity contribution >= 4 is 31.8 Å². The van der Waals surface area contributed by atoms with Crippen molar-refractivity contribution in [2.45, 2.75) is 19.9 Å². The lowest BCUT2D eigenvalue weighted by Crippen LogP contribution is -2.37. The van der Waals surface area contributed by atoms with Crippen LogP contribution in [0.25, 0.3) is 0 Å². The molecule has 0 amide bonds. The van der Waals surface area contributed by atoms with Crippen LogP contribution in [0.5, 0.6) is 0 Å². The van der Waals surface area contributed by atoms with Gasteiger partial charge in [0.15, 0.2) is 0 Å². The van der Waals surface area contributed by atoms with Gasteiger partial charge in [-0.15, -0.1) is 0 Å². The molecule has 1 aromatic carbocycles. The minimum Gasteiger partial charge on any atom is -0.270 e. The van der Waals surface area contributed by atoms with Crippen molar-refractivity contribution in [1.82, 2.24) is 4.31 Å². The van der Waals surface area contributed by atoms with Crippen LogP contribution in [0.3, 0.4) is 0 Å². The Morgan fingerprint density at radius 2 is 2.00 bits per heavy atom. The Morgan fingerprint density at radius 1 is 1.41 bits per heavy atom. The lowest BCUT2D eigenvalue weighted by Gasteiger charge is -2.22. The molecule has 0 bridgehead atoms. The van der Waals surface area contributed by atoms with Gasteiger partial charge in [0.05, 0.1) is 5.69 Å². The van der Waals surface area contributed by atoms with E-state index in [-0.39, 0.29) is 6.04 Å². The minimum absolute atomic E-state index is 0.160. The number of halogens is 2. The molecular formula is C10H14BrFN2O2S. The van der Waals surface area contributed by atoms with Gasteiger partial charge in [0, 0.05) is 17.6 Å². The Labute approximate surface area is 109 Å². The Kier molecular flexibility index (Phi) is 4.51. The number of hydrogen-bond acceptors (Lipinski definition) is 2. The van der Waals surface area contributed by atoms with E-state index >= 15 is 0 Å². The van der Waals surface area contributed by atoms with Crippen LogP contribution in [-0.4, -0.2) is 25.8 Å². The van der Waals surface area contributed by atoms with E-state index < -0.39 is 16.0 Å². The van der Waals surface area contributed by atoms with Crippen LogP contribution in [0.2, 0.25) is 0 Å². The molecule has 7 heteroatoms. The summed E-state index contributed by atoms with van der Waals surface area (Å²) < 4.78 is 40.5. The highest BCUT2D eigenvalue weighted by molar-refractivity contribution is 9.10. The zero-order chi connectivity index (χ0) is 13.2. The number of nitrogens with one attached hydrogen (secondary N) is 1. The first kappa shape index (κ1) is 14.4. The second-order valence-corrected chi connectivity index (χ2v) is 6.43. The van der Waals surface area contributed by atoms with E-state index in [0.29, 0.717) is 10.2 Å². The van der Waals surface area contributed by atoms with Gasteiger partial charge in [-0.05, 0) is 48.0 Å². The summed E-state index contributed by atoms with van der Waals surface area (Å²) in [6.45, 7) is 3.53. The molecule has 17 heavy (non-hydrogen) atoms. The summed E-state index contributed by atoms with van der Waals surface area (Å²) in [6, 6.07) is 3.60. The fourth-order valence-electron chi connectivity index (χ4n) is 1.06. The highest BCUT2D eigenvalue weighted by atomic mass is 79.9. The van der Waals surface area contributed by atoms with Crippen LogP contribution in [0.4, 0.5) is 10.1 Å². The normalized spacial score (nSPS) is 12.2. The summed E-state index contributed by atoms with van der Waals surface area (Å²) in [4.78, 5) is 0. The third-order valence-electron chi connectivity index (χ3n) is 2.28. The molecule has 0 radical (unpaired) electrons. The van der Waals surface area contributed by atoms with Crippen molar-refractivity contribution in [2.75, 3.05) is 11.8 Å². The van der Waals surface area contributed by atoms with E-state index in [4.69, 9.17) is 0 Å². The fraction of sp³-hybridized carbons (Fsp3) is 0.400. The van der Waals surface area contributed by atoms with Crippen molar-refractivity contribution in [3.05, 3.63) is 28.5 Å². The standard InChI is InChI=1S/C10H14BrFN2O2S/c1-7(2)14(3)17(15,16)13-10-5-4-8(12)6-9(10)11/h4-7,13H,1-3H3. The highest BCUT2D eigenvalue weighted by Gasteiger charge is 2.21. The van der Waals surface area contributed by atoms with Gasteiger partial charge in [0.1, 0.15) is 5.82 Å². The van der Waals surface area contributed by atoms with E-state index in [1.54, 1.807) is 13.8 Å². The molecule has 1 aromatic rings. The second kappa shape index (κ2) is 5.32. The van der Waals surface area contributed by atoms with Crippen molar-refractivity contribution in [3.63, 3.8) is 0 Å². The van der Waals surface area contributed by atoms with Gasteiger partial charge in [-0.1, -0.05) is 0 Å². The highest BCUT2D eigenvalue weighted by Crippen LogP contribution is 2.24. The zero-order valence-corrected chi connectivity index (χ0v) is 12.1. The first-order valence-electron chi connectivity index (χ1n) is 4.95. The lowest BCUT2D eigenvalue weighted by molar-refractivity contribution is 0.414. The predicted octanol–water partition coefficient (Wildman–Crippen LogP) is 2.59. The van der Waals surface area contributed by atoms with E-state index in [9.17, 15) is 12.8 Å². The van der Waals surface area contributed by atoms with Crippen molar-refractivity contribution in [3.8, 4) is 0 Å². The maximum Gasteiger partial charge on any atom is 0.301 e. The van der Waals surface area contributed by atoms with Crippen LogP contribution in [-0.2, 0) is 10.2 Å². The molecule has 0 atom stereocenters. The van der Waals surface area contributed by atoms with Crippen LogP contribution in [0, 0.1) is 5.82 Å². The maximum absolute atomic E-state index is 12.8. The summed E-state index contributed by atoms with van der Waals surface area (Å²) in [5, 5.41) is 0. The average molecular weight is 325 g/mol. The molecule has 0 aliphatic carbocycles. The van der Waals surface area contributed by atoms with E-state index in [1.807, 2.05) is 0 Å². The average Bonchev–Trinajstić information content (AvgIpc) is 2.21. The molecule has 1 rings (SSSR count). The molecule has 0 aromatic heterocycles. The molecule has 0 aliphatic rings. The summed E-state index contributed by atoms with van der Waals surface area (Å²) in [6.07, 6.45) is 0. The van der Waals surface area contributed by atoms with Gasteiger partial charge >= 0.3 is 10.2 Å². The number of hydrogen-bond donors (Lipinski definition) is 1. The minimum atomic E-state index is -3.62. The second-order valence-electron chi connectivity index (χ2n) is 3.84. The lowest BCUT2D eigenvalue weighted by atomic mass is 10.3. The van der Waals surface area contributed by atoms with Crippen molar-refractivity contribution < 1.29 is 12.8 Å². The molecule has 0 heterocycles. The molecule has 4 nitrogen and oxygen atoms in total. The van der Waals surface area contributed by atoms with E-state index in [2.05, 4.69) is 20.7 Å². The van der Waals surface area contributed by atoms with E-state index in [0.717, 1.165) is 0 Å². The third kappa shape index (κ3) is 3.65. The first-order chi connectivity index (χ1) is 7.74. The van der Waals surface area contributed by atoms with E-state index in [1.165, 1.54) is 29.6 Å². The molecule has 1 N–H and O–H groups in total. The molecule has 0 fully saturated rings. The quantitative estimate of drug-likeness (QED) is 0.925. The number of benzene rings is 1. The Morgan fingerprint density at radius 3 is 2.47 bits per heavy atom. The molecule has 0 unspecified atom stereocenters. The Hall–Kier alpha value is -0.660. The third-order valence-corrected chi connectivity index (χ3v) is 4.59. The molecule has 0 aliphatic heterocycles. The van der Waals surface area contributed by atoms with Gasteiger partial charge in [-0.2, -0.15) is 12.7 Å². The maximum atomic E-state index is 12.8. The molecular weight excluding hydrogens is 311 g/mol. The predicted molar refractivity (Wildman–Crippen MR) is 69.5 cm³/mol. The van der Waals surface area contributed by atoms with Gasteiger partial charge in [0.2, 0.25) is 0 Å². The molecule has 0 spiro atoms. The smallest absolute Gasteiger partial charge is 0.270 e. The summed E-state index contributed by atoms with van der Waals surface area (Å²) in [5.41, 5.74) is 0.305. The van der Waals surface area contributed by atoms with Gasteiger partial charge in [-0.3, -0.25) is 4.72 Å². The van der Waals surface area contributed by atoms with Crippen molar-refractivity contribution in [1.29, 1.82) is 0 Å². The number of anilines is 1. The van der Waals surface area contributed by atoms with Crippen molar-refractivity contribution in [2.24, 2.45) is 0 Å². The first-order valence-corrected chi connectivity index (χ1v) is 7.18. The molecule has 0 saturated heterocycles. The van der Waals surface area contributed by atoms with Gasteiger partial charge in [0.25, 0.3) is 0 Å². The van der Waals surface area contributed by atoms with Crippen LogP contribution >= 0.6 is 15.9 Å². The Bertz CT molecular complexity index is 505. The van der Waals surface area contributed by atoms with Gasteiger partial charge in [-0.25, -0.2) is 4.39 Å². The fourth-order valence-corrected chi connectivity index (χ4v) is 2.80. The Balaban J connectivity index is 2.98. The van der Waals surface area contributed by atoms with Crippen LogP contribution in [0.15, 0.2) is 22.7 Å². The summed E-state index contributed by atoms with van der Waals surface area (Å²) in [5.74, 6) is -0.433. The number of rotatable bonds is 4. The molecule has 96 valence electrons. The van der Waals surface area contributed by atoms with Crippen LogP contribution < -0.4 is 4.72 Å². The summed E-state index contributed by atoms with van der Waals surface area (Å²) in [7, 11) is -2.14.